The number of nitrogens with one attached hydrogen (secondary N) is 1. The van der Waals surface area contributed by atoms with Gasteiger partial charge in [-0.2, -0.15) is 0 Å². The fourth-order valence-corrected chi connectivity index (χ4v) is 1.86. The first-order valence-corrected chi connectivity index (χ1v) is 5.94. The summed E-state index contributed by atoms with van der Waals surface area (Å²) in [5.41, 5.74) is 1.23. The van der Waals surface area contributed by atoms with Crippen molar-refractivity contribution in [3.8, 4) is 11.5 Å². The predicted molar refractivity (Wildman–Crippen MR) is 76.5 cm³/mol. The summed E-state index contributed by atoms with van der Waals surface area (Å²) in [6.07, 6.45) is 0. The molecule has 2 rings (SSSR count). The van der Waals surface area contributed by atoms with Gasteiger partial charge in [0.1, 0.15) is 16.5 Å². The van der Waals surface area contributed by atoms with Gasteiger partial charge in [-0.3, -0.25) is 0 Å². The monoisotopic (exact) mass is 279 g/mol. The molecule has 0 saturated carbocycles. The summed E-state index contributed by atoms with van der Waals surface area (Å²) in [6.45, 7) is 0. The number of hydrogen-bond acceptors (Lipinski definition) is 3. The van der Waals surface area contributed by atoms with Crippen LogP contribution in [0.2, 0.25) is 5.02 Å². The third kappa shape index (κ3) is 2.91. The van der Waals surface area contributed by atoms with Crippen molar-refractivity contribution in [2.24, 2.45) is 0 Å². The van der Waals surface area contributed by atoms with Gasteiger partial charge >= 0.3 is 0 Å². The molecule has 0 bridgehead atoms. The molecule has 2 aromatic carbocycles. The Hall–Kier alpha value is -1.78. The Balaban J connectivity index is 2.19. The van der Waals surface area contributed by atoms with Crippen molar-refractivity contribution in [3.05, 3.63) is 53.1 Å². The predicted octanol–water partition coefficient (Wildman–Crippen LogP) is 3.54. The number of aromatic hydroxyl groups is 2. The molecule has 18 heavy (non-hydrogen) atoms. The average Bonchev–Trinajstić information content (AvgIpc) is 2.32. The summed E-state index contributed by atoms with van der Waals surface area (Å²) >= 11 is 11.0. The van der Waals surface area contributed by atoms with Crippen LogP contribution in [0.15, 0.2) is 42.5 Å². The molecule has 0 saturated heterocycles. The molecule has 0 radical (unpaired) electrons. The summed E-state index contributed by atoms with van der Waals surface area (Å²) in [4.78, 5) is 0.370. The van der Waals surface area contributed by atoms with Gasteiger partial charge < -0.3 is 15.5 Å². The lowest BCUT2D eigenvalue weighted by Gasteiger charge is -2.09. The highest BCUT2D eigenvalue weighted by molar-refractivity contribution is 7.81. The fraction of sp³-hybridized carbons (Fsp3) is 0. The maximum Gasteiger partial charge on any atom is 0.129 e. The zero-order valence-corrected chi connectivity index (χ0v) is 10.8. The first-order valence-electron chi connectivity index (χ1n) is 5.15. The second kappa shape index (κ2) is 5.25. The minimum Gasteiger partial charge on any atom is -0.508 e. The standard InChI is InChI=1S/C13H10ClNO2S/c14-8-1-3-9(4-2-8)15-13(18)11-6-5-10(16)7-12(11)17/h1-7,16-17H,(H,15,18). The van der Waals surface area contributed by atoms with Gasteiger partial charge in [0.2, 0.25) is 0 Å². The number of halogens is 1. The molecular formula is C13H10ClNO2S. The molecule has 2 aromatic rings. The van der Waals surface area contributed by atoms with Crippen molar-refractivity contribution in [2.75, 3.05) is 5.32 Å². The van der Waals surface area contributed by atoms with Crippen LogP contribution in [0, 0.1) is 0 Å². The van der Waals surface area contributed by atoms with Gasteiger partial charge in [-0.15, -0.1) is 0 Å². The molecule has 0 atom stereocenters. The molecule has 0 amide bonds. The van der Waals surface area contributed by atoms with E-state index in [2.05, 4.69) is 5.32 Å². The molecule has 0 aliphatic carbocycles. The van der Waals surface area contributed by atoms with Crippen molar-refractivity contribution < 1.29 is 10.2 Å². The summed E-state index contributed by atoms with van der Waals surface area (Å²) < 4.78 is 0. The normalized spacial score (nSPS) is 10.1. The highest BCUT2D eigenvalue weighted by atomic mass is 35.5. The highest BCUT2D eigenvalue weighted by Gasteiger charge is 2.08. The molecular weight excluding hydrogens is 270 g/mol. The topological polar surface area (TPSA) is 52.5 Å². The Morgan fingerprint density at radius 3 is 2.33 bits per heavy atom. The van der Waals surface area contributed by atoms with Crippen molar-refractivity contribution in [2.45, 2.75) is 0 Å². The Labute approximate surface area is 115 Å². The van der Waals surface area contributed by atoms with Crippen molar-refractivity contribution in [1.82, 2.24) is 0 Å². The van der Waals surface area contributed by atoms with Crippen LogP contribution in [0.4, 0.5) is 5.69 Å². The summed E-state index contributed by atoms with van der Waals surface area (Å²) in [5, 5.41) is 22.5. The minimum absolute atomic E-state index is 0.00876. The van der Waals surface area contributed by atoms with Crippen LogP contribution in [-0.2, 0) is 0 Å². The lowest BCUT2D eigenvalue weighted by atomic mass is 10.2. The smallest absolute Gasteiger partial charge is 0.129 e. The van der Waals surface area contributed by atoms with Crippen molar-refractivity contribution in [3.63, 3.8) is 0 Å². The van der Waals surface area contributed by atoms with Gasteiger partial charge in [0.25, 0.3) is 0 Å². The van der Waals surface area contributed by atoms with E-state index in [9.17, 15) is 10.2 Å². The second-order valence-electron chi connectivity index (χ2n) is 3.66. The van der Waals surface area contributed by atoms with Crippen LogP contribution in [0.5, 0.6) is 11.5 Å². The zero-order chi connectivity index (χ0) is 13.1. The maximum absolute atomic E-state index is 9.68. The zero-order valence-electron chi connectivity index (χ0n) is 9.22. The van der Waals surface area contributed by atoms with Gasteiger partial charge in [-0.05, 0) is 36.4 Å². The van der Waals surface area contributed by atoms with E-state index in [0.717, 1.165) is 5.69 Å². The maximum atomic E-state index is 9.68. The molecule has 0 spiro atoms. The Morgan fingerprint density at radius 1 is 1.06 bits per heavy atom. The van der Waals surface area contributed by atoms with Crippen molar-refractivity contribution >= 4 is 34.5 Å². The molecule has 5 heteroatoms. The number of benzene rings is 2. The molecule has 3 nitrogen and oxygen atoms in total. The number of rotatable bonds is 2. The van der Waals surface area contributed by atoms with Crippen LogP contribution in [0.3, 0.4) is 0 Å². The fourth-order valence-electron chi connectivity index (χ4n) is 1.44. The van der Waals surface area contributed by atoms with Crippen molar-refractivity contribution in [1.29, 1.82) is 0 Å². The van der Waals surface area contributed by atoms with Gasteiger partial charge in [-0.25, -0.2) is 0 Å². The number of phenolic OH excluding ortho intramolecular Hbond substituents is 2. The molecule has 0 aromatic heterocycles. The molecule has 0 unspecified atom stereocenters. The third-order valence-electron chi connectivity index (χ3n) is 2.33. The molecule has 3 N–H and O–H groups in total. The third-order valence-corrected chi connectivity index (χ3v) is 2.90. The van der Waals surface area contributed by atoms with Crippen LogP contribution >= 0.6 is 23.8 Å². The summed E-state index contributed by atoms with van der Waals surface area (Å²) in [7, 11) is 0. The first kappa shape index (κ1) is 12.7. The van der Waals surface area contributed by atoms with E-state index >= 15 is 0 Å². The Kier molecular flexibility index (Phi) is 3.69. The van der Waals surface area contributed by atoms with Gasteiger partial charge in [0.05, 0.1) is 5.56 Å². The van der Waals surface area contributed by atoms with E-state index in [-0.39, 0.29) is 11.5 Å². The van der Waals surface area contributed by atoms with E-state index in [1.807, 2.05) is 0 Å². The number of hydrogen-bond donors (Lipinski definition) is 3. The average molecular weight is 280 g/mol. The molecule has 0 aliphatic rings. The molecule has 0 heterocycles. The van der Waals surface area contributed by atoms with E-state index in [4.69, 9.17) is 23.8 Å². The Bertz CT molecular complexity index is 584. The largest absolute Gasteiger partial charge is 0.508 e. The van der Waals surface area contributed by atoms with Gasteiger partial charge in [0.15, 0.2) is 0 Å². The van der Waals surface area contributed by atoms with E-state index < -0.39 is 0 Å². The molecule has 92 valence electrons. The Morgan fingerprint density at radius 2 is 1.72 bits per heavy atom. The lowest BCUT2D eigenvalue weighted by molar-refractivity contribution is 0.450. The van der Waals surface area contributed by atoms with E-state index in [1.54, 1.807) is 30.3 Å². The van der Waals surface area contributed by atoms with Crippen LogP contribution in [-0.4, -0.2) is 15.2 Å². The molecule has 0 fully saturated rings. The number of thiocarbonyl (C=S) groups is 1. The van der Waals surface area contributed by atoms with Gasteiger partial charge in [-0.1, -0.05) is 23.8 Å². The minimum atomic E-state index is -0.0681. The number of anilines is 1. The first-order chi connectivity index (χ1) is 8.56. The van der Waals surface area contributed by atoms with Crippen LogP contribution in [0.1, 0.15) is 5.56 Å². The summed E-state index contributed by atoms with van der Waals surface area (Å²) in [6, 6.07) is 11.3. The van der Waals surface area contributed by atoms with E-state index in [0.29, 0.717) is 15.6 Å². The SMILES string of the molecule is Oc1ccc(C(=S)Nc2ccc(Cl)cc2)c(O)c1. The highest BCUT2D eigenvalue weighted by Crippen LogP contribution is 2.24. The van der Waals surface area contributed by atoms with E-state index in [1.165, 1.54) is 12.1 Å². The van der Waals surface area contributed by atoms with Gasteiger partial charge in [0, 0.05) is 16.8 Å². The van der Waals surface area contributed by atoms with Crippen LogP contribution in [0.25, 0.3) is 0 Å². The quantitative estimate of drug-likeness (QED) is 0.736. The molecule has 0 aliphatic heterocycles. The summed E-state index contributed by atoms with van der Waals surface area (Å²) in [5.74, 6) is -0.0768. The second-order valence-corrected chi connectivity index (χ2v) is 4.51. The van der Waals surface area contributed by atoms with Crippen LogP contribution < -0.4 is 5.32 Å². The number of phenols is 2. The lowest BCUT2D eigenvalue weighted by Crippen LogP contribution is -2.10.